The molecule has 5 nitrogen and oxygen atoms in total. The molecule has 148 valence electrons. The summed E-state index contributed by atoms with van der Waals surface area (Å²) in [7, 11) is 1.61. The number of thioether (sulfide) groups is 1. The minimum absolute atomic E-state index is 0.417. The minimum atomic E-state index is 0.417. The number of amidine groups is 1. The predicted molar refractivity (Wildman–Crippen MR) is 121 cm³/mol. The molecule has 0 unspecified atom stereocenters. The zero-order chi connectivity index (χ0) is 20.3. The van der Waals surface area contributed by atoms with Gasteiger partial charge in [0.1, 0.15) is 6.61 Å². The zero-order valence-electron chi connectivity index (χ0n) is 16.2. The maximum absolute atomic E-state index is 5.92. The Morgan fingerprint density at radius 1 is 0.931 bits per heavy atom. The highest BCUT2D eigenvalue weighted by Gasteiger charge is 2.05. The van der Waals surface area contributed by atoms with Gasteiger partial charge in [-0.15, -0.1) is 5.10 Å². The topological polar surface area (TPSA) is 69.2 Å². The van der Waals surface area contributed by atoms with E-state index < -0.39 is 0 Å². The number of methoxy groups -OCH3 is 1. The van der Waals surface area contributed by atoms with E-state index in [0.29, 0.717) is 23.3 Å². The Labute approximate surface area is 175 Å². The molecule has 0 aliphatic rings. The van der Waals surface area contributed by atoms with Gasteiger partial charge in [0.15, 0.2) is 16.7 Å². The maximum atomic E-state index is 5.92. The molecule has 0 bridgehead atoms. The second-order valence-corrected chi connectivity index (χ2v) is 7.14. The fourth-order valence-electron chi connectivity index (χ4n) is 2.53. The fraction of sp³-hybridized carbons (Fsp3) is 0.130. The lowest BCUT2D eigenvalue weighted by molar-refractivity contribution is 0.284. The number of benzene rings is 3. The number of hydrogen-bond donors (Lipinski definition) is 1. The summed E-state index contributed by atoms with van der Waals surface area (Å²) in [5.74, 6) is 2.07. The van der Waals surface area contributed by atoms with Crippen molar-refractivity contribution in [2.75, 3.05) is 7.11 Å². The highest BCUT2D eigenvalue weighted by Crippen LogP contribution is 2.28. The van der Waals surface area contributed by atoms with Gasteiger partial charge in [0.2, 0.25) is 0 Å². The van der Waals surface area contributed by atoms with Gasteiger partial charge in [-0.1, -0.05) is 72.4 Å². The van der Waals surface area contributed by atoms with E-state index in [2.05, 4.69) is 22.3 Å². The average molecular weight is 406 g/mol. The zero-order valence-corrected chi connectivity index (χ0v) is 17.0. The first-order valence-electron chi connectivity index (χ1n) is 9.12. The maximum Gasteiger partial charge on any atom is 0.180 e. The van der Waals surface area contributed by atoms with E-state index >= 15 is 0 Å². The molecule has 0 aliphatic carbocycles. The third-order valence-electron chi connectivity index (χ3n) is 4.02. The van der Waals surface area contributed by atoms with E-state index in [0.717, 1.165) is 16.9 Å². The smallest absolute Gasteiger partial charge is 0.180 e. The summed E-state index contributed by atoms with van der Waals surface area (Å²) in [6, 6.07) is 25.7. The van der Waals surface area contributed by atoms with E-state index in [1.54, 1.807) is 13.3 Å². The second-order valence-electron chi connectivity index (χ2n) is 6.14. The number of nitrogens with two attached hydrogens (primary N) is 1. The van der Waals surface area contributed by atoms with Crippen LogP contribution in [0.4, 0.5) is 0 Å². The first-order valence-corrected chi connectivity index (χ1v) is 10.1. The van der Waals surface area contributed by atoms with Crippen molar-refractivity contribution in [1.82, 2.24) is 0 Å². The molecule has 0 spiro atoms. The van der Waals surface area contributed by atoms with E-state index in [1.165, 1.54) is 17.3 Å². The van der Waals surface area contributed by atoms with Gasteiger partial charge in [-0.05, 0) is 34.9 Å². The Kier molecular flexibility index (Phi) is 7.72. The van der Waals surface area contributed by atoms with Crippen molar-refractivity contribution in [1.29, 1.82) is 0 Å². The van der Waals surface area contributed by atoms with E-state index in [9.17, 15) is 0 Å². The van der Waals surface area contributed by atoms with Crippen molar-refractivity contribution in [3.8, 4) is 11.5 Å². The summed E-state index contributed by atoms with van der Waals surface area (Å²) in [6.07, 6.45) is 1.64. The fourth-order valence-corrected chi connectivity index (χ4v) is 3.14. The molecule has 3 aromatic carbocycles. The Balaban J connectivity index is 1.57. The summed E-state index contributed by atoms with van der Waals surface area (Å²) in [5, 5.41) is 8.53. The summed E-state index contributed by atoms with van der Waals surface area (Å²) < 4.78 is 11.3. The first-order chi connectivity index (χ1) is 14.2. The van der Waals surface area contributed by atoms with Gasteiger partial charge in [-0.3, -0.25) is 0 Å². The molecule has 0 heterocycles. The minimum Gasteiger partial charge on any atom is -0.493 e. The molecule has 0 aromatic heterocycles. The molecule has 3 rings (SSSR count). The number of hydrogen-bond acceptors (Lipinski definition) is 5. The van der Waals surface area contributed by atoms with Crippen LogP contribution in [0, 0.1) is 0 Å². The predicted octanol–water partition coefficient (Wildman–Crippen LogP) is 4.86. The van der Waals surface area contributed by atoms with Crippen LogP contribution < -0.4 is 15.2 Å². The Morgan fingerprint density at radius 2 is 1.62 bits per heavy atom. The third-order valence-corrected chi connectivity index (χ3v) is 4.87. The second kappa shape index (κ2) is 10.9. The van der Waals surface area contributed by atoms with Gasteiger partial charge in [0.05, 0.1) is 13.3 Å². The normalized spacial score (nSPS) is 11.6. The molecular weight excluding hydrogens is 382 g/mol. The highest BCUT2D eigenvalue weighted by molar-refractivity contribution is 8.13. The Hall–Kier alpha value is -3.25. The monoisotopic (exact) mass is 405 g/mol. The molecule has 0 saturated carbocycles. The van der Waals surface area contributed by atoms with Gasteiger partial charge < -0.3 is 15.2 Å². The van der Waals surface area contributed by atoms with Crippen molar-refractivity contribution in [3.63, 3.8) is 0 Å². The highest BCUT2D eigenvalue weighted by atomic mass is 32.2. The summed E-state index contributed by atoms with van der Waals surface area (Å²) in [5.41, 5.74) is 9.05. The largest absolute Gasteiger partial charge is 0.493 e. The van der Waals surface area contributed by atoms with E-state index in [-0.39, 0.29) is 0 Å². The van der Waals surface area contributed by atoms with Crippen LogP contribution in [-0.2, 0) is 12.4 Å². The summed E-state index contributed by atoms with van der Waals surface area (Å²) >= 11 is 1.45. The number of rotatable bonds is 8. The van der Waals surface area contributed by atoms with E-state index in [1.807, 2.05) is 66.7 Å². The molecule has 2 N–H and O–H groups in total. The van der Waals surface area contributed by atoms with Crippen LogP contribution in [0.5, 0.6) is 11.5 Å². The molecule has 0 fully saturated rings. The Morgan fingerprint density at radius 3 is 2.31 bits per heavy atom. The quantitative estimate of drug-likeness (QED) is 0.330. The molecule has 0 radical (unpaired) electrons. The third kappa shape index (κ3) is 6.69. The van der Waals surface area contributed by atoms with Crippen molar-refractivity contribution in [3.05, 3.63) is 95.6 Å². The SMILES string of the molecule is COc1cc(C=NN=C(N)SCc2ccccc2)ccc1OCc1ccccc1. The van der Waals surface area contributed by atoms with Crippen LogP contribution in [0.15, 0.2) is 89.1 Å². The number of ether oxygens (including phenoxy) is 2. The lowest BCUT2D eigenvalue weighted by atomic mass is 10.2. The lowest BCUT2D eigenvalue weighted by Crippen LogP contribution is -2.06. The van der Waals surface area contributed by atoms with Crippen molar-refractivity contribution < 1.29 is 9.47 Å². The van der Waals surface area contributed by atoms with Crippen molar-refractivity contribution in [2.45, 2.75) is 12.4 Å². The van der Waals surface area contributed by atoms with Crippen molar-refractivity contribution in [2.24, 2.45) is 15.9 Å². The van der Waals surface area contributed by atoms with Gasteiger partial charge >= 0.3 is 0 Å². The molecule has 29 heavy (non-hydrogen) atoms. The number of nitrogens with zero attached hydrogens (tertiary/aromatic N) is 2. The lowest BCUT2D eigenvalue weighted by Gasteiger charge is -2.11. The van der Waals surface area contributed by atoms with Gasteiger partial charge in [-0.2, -0.15) is 5.10 Å². The van der Waals surface area contributed by atoms with Crippen LogP contribution >= 0.6 is 11.8 Å². The van der Waals surface area contributed by atoms with Crippen LogP contribution in [-0.4, -0.2) is 18.5 Å². The molecule has 0 amide bonds. The van der Waals surface area contributed by atoms with Crippen molar-refractivity contribution >= 4 is 23.1 Å². The molecule has 0 atom stereocenters. The molecule has 0 aliphatic heterocycles. The van der Waals surface area contributed by atoms with Crippen LogP contribution in [0.1, 0.15) is 16.7 Å². The molecule has 6 heteroatoms. The van der Waals surface area contributed by atoms with Crippen LogP contribution in [0.2, 0.25) is 0 Å². The summed E-state index contributed by atoms with van der Waals surface area (Å²) in [4.78, 5) is 0. The summed E-state index contributed by atoms with van der Waals surface area (Å²) in [6.45, 7) is 0.476. The van der Waals surface area contributed by atoms with Crippen LogP contribution in [0.3, 0.4) is 0 Å². The Bertz CT molecular complexity index is 960. The molecule has 0 saturated heterocycles. The van der Waals surface area contributed by atoms with Gasteiger partial charge in [0, 0.05) is 5.75 Å². The van der Waals surface area contributed by atoms with Crippen LogP contribution in [0.25, 0.3) is 0 Å². The van der Waals surface area contributed by atoms with Gasteiger partial charge in [-0.25, -0.2) is 0 Å². The van der Waals surface area contributed by atoms with E-state index in [4.69, 9.17) is 15.2 Å². The molecule has 3 aromatic rings. The average Bonchev–Trinajstić information content (AvgIpc) is 2.78. The van der Waals surface area contributed by atoms with Gasteiger partial charge in [0.25, 0.3) is 0 Å². The first kappa shape index (κ1) is 20.5. The standard InChI is InChI=1S/C23H23N3O2S/c1-27-22-14-20(12-13-21(22)28-16-18-8-4-2-5-9-18)15-25-26-23(24)29-17-19-10-6-3-7-11-19/h2-15H,16-17H2,1H3,(H2,24,26). The molecular formula is C23H23N3O2S.